The Kier molecular flexibility index (Phi) is 7.68. The van der Waals surface area contributed by atoms with Crippen molar-refractivity contribution < 1.29 is 17.6 Å². The number of benzene rings is 3. The number of hydrogen-bond acceptors (Lipinski definition) is 7. The molecule has 204 valence electrons. The molecule has 0 bridgehead atoms. The van der Waals surface area contributed by atoms with Gasteiger partial charge in [0, 0.05) is 22.8 Å². The number of sulfonamides is 1. The maximum absolute atomic E-state index is 13.0. The van der Waals surface area contributed by atoms with Crippen molar-refractivity contribution in [2.24, 2.45) is 5.14 Å². The number of primary sulfonamides is 1. The minimum atomic E-state index is -3.80. The van der Waals surface area contributed by atoms with E-state index < -0.39 is 10.0 Å². The molecule has 3 N–H and O–H groups in total. The lowest BCUT2D eigenvalue weighted by atomic mass is 10.1. The predicted octanol–water partition coefficient (Wildman–Crippen LogP) is 6.65. The van der Waals surface area contributed by atoms with Crippen molar-refractivity contribution in [2.75, 3.05) is 5.32 Å². The fourth-order valence-electron chi connectivity index (χ4n) is 3.99. The normalized spacial score (nSPS) is 11.7. The number of nitriles is 1. The van der Waals surface area contributed by atoms with Crippen molar-refractivity contribution in [3.8, 4) is 28.7 Å². The molecule has 41 heavy (non-hydrogen) atoms. The molecule has 0 saturated heterocycles. The van der Waals surface area contributed by atoms with E-state index in [0.29, 0.717) is 38.4 Å². The Bertz CT molecular complexity index is 1910. The second-order valence-electron chi connectivity index (χ2n) is 9.32. The highest BCUT2D eigenvalue weighted by Crippen LogP contribution is 2.37. The number of rotatable bonds is 7. The summed E-state index contributed by atoms with van der Waals surface area (Å²) in [6.45, 7) is 3.94. The third kappa shape index (κ3) is 6.34. The summed E-state index contributed by atoms with van der Waals surface area (Å²) in [5.41, 5.74) is 4.90. The molecule has 0 fully saturated rings. The zero-order valence-corrected chi connectivity index (χ0v) is 23.7. The molecule has 5 aromatic rings. The molecule has 0 saturated carbocycles. The van der Waals surface area contributed by atoms with Crippen molar-refractivity contribution in [2.45, 2.75) is 18.7 Å². The average Bonchev–Trinajstić information content (AvgIpc) is 3.59. The summed E-state index contributed by atoms with van der Waals surface area (Å²) >= 11 is 1.20. The van der Waals surface area contributed by atoms with Crippen LogP contribution >= 0.6 is 11.3 Å². The Labute approximate surface area is 241 Å². The van der Waals surface area contributed by atoms with E-state index in [9.17, 15) is 18.5 Å². The van der Waals surface area contributed by atoms with Crippen LogP contribution in [0.3, 0.4) is 0 Å². The summed E-state index contributed by atoms with van der Waals surface area (Å²) in [5, 5.41) is 19.1. The molecule has 0 aliphatic heterocycles. The third-order valence-corrected chi connectivity index (χ3v) is 8.16. The van der Waals surface area contributed by atoms with Crippen LogP contribution in [0.25, 0.3) is 34.2 Å². The van der Waals surface area contributed by atoms with Crippen molar-refractivity contribution in [1.29, 1.82) is 5.26 Å². The number of furan rings is 1. The van der Waals surface area contributed by atoms with Gasteiger partial charge in [-0.2, -0.15) is 5.26 Å². The van der Waals surface area contributed by atoms with Crippen molar-refractivity contribution >= 4 is 43.9 Å². The second-order valence-corrected chi connectivity index (χ2v) is 11.9. The summed E-state index contributed by atoms with van der Waals surface area (Å²) < 4.78 is 29.0. The number of amides is 1. The number of aromatic nitrogens is 1. The zero-order valence-electron chi connectivity index (χ0n) is 22.1. The van der Waals surface area contributed by atoms with Crippen LogP contribution < -0.4 is 10.5 Å². The lowest BCUT2D eigenvalue weighted by Crippen LogP contribution is -2.11. The van der Waals surface area contributed by atoms with E-state index in [1.54, 1.807) is 42.5 Å². The Morgan fingerprint density at radius 3 is 2.15 bits per heavy atom. The van der Waals surface area contributed by atoms with Crippen LogP contribution in [0.4, 0.5) is 5.00 Å². The van der Waals surface area contributed by atoms with Gasteiger partial charge in [0.25, 0.3) is 5.91 Å². The average molecular weight is 581 g/mol. The predicted molar refractivity (Wildman–Crippen MR) is 160 cm³/mol. The molecular weight excluding hydrogens is 556 g/mol. The number of carbonyl (C=O) groups excluding carboxylic acids is 1. The Morgan fingerprint density at radius 2 is 1.54 bits per heavy atom. The van der Waals surface area contributed by atoms with Crippen LogP contribution in [0, 0.1) is 25.2 Å². The van der Waals surface area contributed by atoms with E-state index in [2.05, 4.69) is 11.4 Å². The van der Waals surface area contributed by atoms with Crippen LogP contribution in [0.2, 0.25) is 0 Å². The van der Waals surface area contributed by atoms with Crippen LogP contribution in [0.5, 0.6) is 0 Å². The maximum Gasteiger partial charge on any atom is 0.256 e. The Morgan fingerprint density at radius 1 is 0.927 bits per heavy atom. The van der Waals surface area contributed by atoms with Gasteiger partial charge >= 0.3 is 0 Å². The van der Waals surface area contributed by atoms with Crippen molar-refractivity contribution in [3.63, 3.8) is 0 Å². The molecule has 0 aliphatic carbocycles. The number of allylic oxidation sites excluding steroid dienone is 1. The quantitative estimate of drug-likeness (QED) is 0.207. The molecule has 1 amide bonds. The number of nitrogens with one attached hydrogen (secondary N) is 1. The molecule has 10 heteroatoms. The molecule has 0 aliphatic rings. The molecule has 0 unspecified atom stereocenters. The molecule has 0 atom stereocenters. The summed E-state index contributed by atoms with van der Waals surface area (Å²) in [4.78, 5) is 17.8. The van der Waals surface area contributed by atoms with Gasteiger partial charge in [-0.05, 0) is 62.4 Å². The van der Waals surface area contributed by atoms with Gasteiger partial charge in [0.1, 0.15) is 33.3 Å². The highest BCUT2D eigenvalue weighted by atomic mass is 32.2. The standard InChI is InChI=1S/C31H24N4O4S2/c1-19-3-7-22(8-4-19)28-31(35-29(36)23-9-5-20(2)6-10-23)40-30(34-28)24(18-32)17-25-13-16-27(39-25)21-11-14-26(15-12-21)41(33,37)38/h3-17H,1-2H3,(H,35,36)(H2,33,37,38)/b24-17+. The monoisotopic (exact) mass is 580 g/mol. The van der Waals surface area contributed by atoms with Gasteiger partial charge in [-0.3, -0.25) is 4.79 Å². The van der Waals surface area contributed by atoms with Gasteiger partial charge < -0.3 is 9.73 Å². The summed E-state index contributed by atoms with van der Waals surface area (Å²) in [6.07, 6.45) is 1.57. The molecule has 3 aromatic carbocycles. The van der Waals surface area contributed by atoms with Gasteiger partial charge in [-0.25, -0.2) is 18.5 Å². The highest BCUT2D eigenvalue weighted by Gasteiger charge is 2.19. The number of anilines is 1. The first-order chi connectivity index (χ1) is 19.6. The van der Waals surface area contributed by atoms with Gasteiger partial charge in [0.2, 0.25) is 10.0 Å². The summed E-state index contributed by atoms with van der Waals surface area (Å²) in [6, 6.07) is 26.6. The molecular formula is C31H24N4O4S2. The largest absolute Gasteiger partial charge is 0.457 e. The van der Waals surface area contributed by atoms with Gasteiger partial charge in [-0.15, -0.1) is 0 Å². The number of nitrogens with two attached hydrogens (primary N) is 1. The minimum absolute atomic E-state index is 0.00174. The zero-order chi connectivity index (χ0) is 29.1. The van der Waals surface area contributed by atoms with E-state index >= 15 is 0 Å². The van der Waals surface area contributed by atoms with Crippen LogP contribution in [-0.4, -0.2) is 19.3 Å². The van der Waals surface area contributed by atoms with E-state index in [4.69, 9.17) is 14.5 Å². The third-order valence-electron chi connectivity index (χ3n) is 6.22. The molecule has 0 radical (unpaired) electrons. The van der Waals surface area contributed by atoms with Crippen LogP contribution in [0.15, 0.2) is 94.2 Å². The van der Waals surface area contributed by atoms with Crippen LogP contribution in [-0.2, 0) is 10.0 Å². The Hall–Kier alpha value is -4.82. The van der Waals surface area contributed by atoms with Gasteiger partial charge in [0.05, 0.1) is 10.5 Å². The molecule has 0 spiro atoms. The van der Waals surface area contributed by atoms with Crippen LogP contribution in [0.1, 0.15) is 32.3 Å². The van der Waals surface area contributed by atoms with E-state index in [0.717, 1.165) is 16.7 Å². The SMILES string of the molecule is Cc1ccc(C(=O)Nc2sc(/C(C#N)=C/c3ccc(-c4ccc(S(N)(=O)=O)cc4)o3)nc2-c2ccc(C)cc2)cc1. The van der Waals surface area contributed by atoms with Gasteiger partial charge in [0.15, 0.2) is 0 Å². The first-order valence-corrected chi connectivity index (χ1v) is 14.8. The number of carbonyl (C=O) groups is 1. The van der Waals surface area contributed by atoms with E-state index in [1.807, 2.05) is 50.2 Å². The van der Waals surface area contributed by atoms with E-state index in [-0.39, 0.29) is 16.4 Å². The smallest absolute Gasteiger partial charge is 0.256 e. The number of aryl methyl sites for hydroxylation is 2. The number of hydrogen-bond donors (Lipinski definition) is 2. The summed E-state index contributed by atoms with van der Waals surface area (Å²) in [7, 11) is -3.80. The van der Waals surface area contributed by atoms with Gasteiger partial charge in [-0.1, -0.05) is 58.9 Å². The number of nitrogens with zero attached hydrogens (tertiary/aromatic N) is 2. The fourth-order valence-corrected chi connectivity index (χ4v) is 5.45. The first-order valence-electron chi connectivity index (χ1n) is 12.4. The fraction of sp³-hybridized carbons (Fsp3) is 0.0645. The van der Waals surface area contributed by atoms with Crippen molar-refractivity contribution in [1.82, 2.24) is 4.98 Å². The summed E-state index contributed by atoms with van der Waals surface area (Å²) in [5.74, 6) is 0.615. The molecule has 2 heterocycles. The molecule has 5 rings (SSSR count). The van der Waals surface area contributed by atoms with Crippen molar-refractivity contribution in [3.05, 3.63) is 112 Å². The lowest BCUT2D eigenvalue weighted by molar-refractivity contribution is 0.102. The van der Waals surface area contributed by atoms with E-state index in [1.165, 1.54) is 23.5 Å². The maximum atomic E-state index is 13.0. The second kappa shape index (κ2) is 11.3. The topological polar surface area (TPSA) is 139 Å². The first kappa shape index (κ1) is 27.7. The number of thiazole rings is 1. The minimum Gasteiger partial charge on any atom is -0.457 e. The Balaban J connectivity index is 1.48. The lowest BCUT2D eigenvalue weighted by Gasteiger charge is -2.06. The highest BCUT2D eigenvalue weighted by molar-refractivity contribution is 7.89. The molecule has 8 nitrogen and oxygen atoms in total. The molecule has 2 aromatic heterocycles.